The largest absolute Gasteiger partial charge is 0.394 e. The van der Waals surface area contributed by atoms with Crippen LogP contribution in [0.2, 0.25) is 5.15 Å². The van der Waals surface area contributed by atoms with Crippen LogP contribution in [0.4, 0.5) is 0 Å². The van der Waals surface area contributed by atoms with Crippen LogP contribution >= 0.6 is 11.6 Å². The molecule has 19 heavy (non-hydrogen) atoms. The molecule has 0 aliphatic carbocycles. The summed E-state index contributed by atoms with van der Waals surface area (Å²) >= 11 is 5.80. The Labute approximate surface area is 116 Å². The maximum atomic E-state index is 12.3. The molecule has 1 aromatic heterocycles. The molecule has 6 nitrogen and oxygen atoms in total. The zero-order valence-corrected chi connectivity index (χ0v) is 11.7. The fourth-order valence-corrected chi connectivity index (χ4v) is 3.87. The maximum Gasteiger partial charge on any atom is 0.244 e. The quantitative estimate of drug-likeness (QED) is 0.793. The molecule has 0 aromatic carbocycles. The molecule has 0 unspecified atom stereocenters. The summed E-state index contributed by atoms with van der Waals surface area (Å²) in [5.74, 6) is 0. The first-order valence-corrected chi connectivity index (χ1v) is 7.68. The summed E-state index contributed by atoms with van der Waals surface area (Å²) < 4.78 is 32.3. The SMILES string of the molecule is O=S(=O)(NC1(CO)CCOCC1)c1cccnc1Cl. The van der Waals surface area contributed by atoms with Crippen molar-refractivity contribution in [3.05, 3.63) is 23.5 Å². The molecule has 1 aliphatic heterocycles. The third-order valence-corrected chi connectivity index (χ3v) is 5.14. The lowest BCUT2D eigenvalue weighted by molar-refractivity contribution is 0.0223. The van der Waals surface area contributed by atoms with Crippen molar-refractivity contribution < 1.29 is 18.3 Å². The van der Waals surface area contributed by atoms with Crippen LogP contribution in [0.5, 0.6) is 0 Å². The van der Waals surface area contributed by atoms with E-state index in [4.69, 9.17) is 16.3 Å². The average molecular weight is 307 g/mol. The van der Waals surface area contributed by atoms with Crippen LogP contribution in [0.25, 0.3) is 0 Å². The van der Waals surface area contributed by atoms with Crippen molar-refractivity contribution in [2.24, 2.45) is 0 Å². The molecular weight excluding hydrogens is 292 g/mol. The molecule has 1 saturated heterocycles. The van der Waals surface area contributed by atoms with Gasteiger partial charge in [-0.2, -0.15) is 0 Å². The molecule has 0 amide bonds. The Morgan fingerprint density at radius 3 is 2.74 bits per heavy atom. The van der Waals surface area contributed by atoms with Crippen molar-refractivity contribution in [3.63, 3.8) is 0 Å². The van der Waals surface area contributed by atoms with Gasteiger partial charge in [0.2, 0.25) is 10.0 Å². The van der Waals surface area contributed by atoms with E-state index < -0.39 is 15.6 Å². The first-order chi connectivity index (χ1) is 8.99. The summed E-state index contributed by atoms with van der Waals surface area (Å²) in [6.45, 7) is 0.529. The first kappa shape index (κ1) is 14.7. The van der Waals surface area contributed by atoms with Gasteiger partial charge in [-0.25, -0.2) is 18.1 Å². The molecule has 0 radical (unpaired) electrons. The van der Waals surface area contributed by atoms with Crippen LogP contribution in [-0.4, -0.2) is 43.9 Å². The van der Waals surface area contributed by atoms with E-state index in [0.29, 0.717) is 26.1 Å². The Balaban J connectivity index is 2.28. The second-order valence-corrected chi connectivity index (χ2v) is 6.46. The predicted molar refractivity (Wildman–Crippen MR) is 69.4 cm³/mol. The standard InChI is InChI=1S/C11H15ClN2O4S/c12-10-9(2-1-5-13-10)19(16,17)14-11(8-15)3-6-18-7-4-11/h1-2,5,14-15H,3-4,6-8H2. The Hall–Kier alpha value is -0.730. The van der Waals surface area contributed by atoms with Gasteiger partial charge in [-0.3, -0.25) is 0 Å². The van der Waals surface area contributed by atoms with Gasteiger partial charge in [0, 0.05) is 19.4 Å². The molecule has 1 aliphatic rings. The van der Waals surface area contributed by atoms with Gasteiger partial charge in [0.05, 0.1) is 12.1 Å². The number of ether oxygens (including phenoxy) is 1. The van der Waals surface area contributed by atoms with Crippen molar-refractivity contribution in [2.45, 2.75) is 23.3 Å². The minimum atomic E-state index is -3.82. The van der Waals surface area contributed by atoms with E-state index >= 15 is 0 Å². The van der Waals surface area contributed by atoms with Crippen LogP contribution in [0.1, 0.15) is 12.8 Å². The number of sulfonamides is 1. The molecule has 106 valence electrons. The number of rotatable bonds is 4. The zero-order valence-electron chi connectivity index (χ0n) is 10.2. The minimum absolute atomic E-state index is 0.0871. The van der Waals surface area contributed by atoms with E-state index in [1.54, 1.807) is 0 Å². The summed E-state index contributed by atoms with van der Waals surface area (Å²) in [6, 6.07) is 2.87. The Kier molecular flexibility index (Phi) is 4.42. The number of aromatic nitrogens is 1. The average Bonchev–Trinajstić information content (AvgIpc) is 2.39. The third-order valence-electron chi connectivity index (χ3n) is 3.12. The number of aliphatic hydroxyl groups is 1. The lowest BCUT2D eigenvalue weighted by Gasteiger charge is -2.35. The predicted octanol–water partition coefficient (Wildman–Crippen LogP) is 0.555. The van der Waals surface area contributed by atoms with Crippen LogP contribution < -0.4 is 4.72 Å². The normalized spacial score (nSPS) is 19.3. The van der Waals surface area contributed by atoms with Gasteiger partial charge in [0.15, 0.2) is 0 Å². The van der Waals surface area contributed by atoms with Crippen molar-refractivity contribution in [1.82, 2.24) is 9.71 Å². The molecule has 0 spiro atoms. The Bertz CT molecular complexity index is 543. The monoisotopic (exact) mass is 306 g/mol. The van der Waals surface area contributed by atoms with Crippen molar-refractivity contribution in [2.75, 3.05) is 19.8 Å². The fraction of sp³-hybridized carbons (Fsp3) is 0.545. The summed E-state index contributed by atoms with van der Waals surface area (Å²) in [6.07, 6.45) is 2.25. The van der Waals surface area contributed by atoms with Gasteiger partial charge in [0.1, 0.15) is 10.0 Å². The fourth-order valence-electron chi connectivity index (χ4n) is 1.97. The van der Waals surface area contributed by atoms with Gasteiger partial charge in [-0.15, -0.1) is 0 Å². The second-order valence-electron chi connectivity index (χ2n) is 4.45. The van der Waals surface area contributed by atoms with Gasteiger partial charge < -0.3 is 9.84 Å². The molecule has 0 bridgehead atoms. The van der Waals surface area contributed by atoms with E-state index in [0.717, 1.165) is 0 Å². The van der Waals surface area contributed by atoms with E-state index in [1.165, 1.54) is 18.3 Å². The summed E-state index contributed by atoms with van der Waals surface area (Å²) in [7, 11) is -3.82. The number of nitrogens with zero attached hydrogens (tertiary/aromatic N) is 1. The molecule has 0 atom stereocenters. The molecule has 2 heterocycles. The van der Waals surface area contributed by atoms with E-state index in [-0.39, 0.29) is 16.7 Å². The van der Waals surface area contributed by atoms with Crippen LogP contribution in [-0.2, 0) is 14.8 Å². The summed E-state index contributed by atoms with van der Waals surface area (Å²) in [4.78, 5) is 3.66. The summed E-state index contributed by atoms with van der Waals surface area (Å²) in [5, 5.41) is 9.40. The van der Waals surface area contributed by atoms with E-state index in [2.05, 4.69) is 9.71 Å². The van der Waals surface area contributed by atoms with Crippen molar-refractivity contribution >= 4 is 21.6 Å². The smallest absolute Gasteiger partial charge is 0.244 e. The molecular formula is C11H15ClN2O4S. The Morgan fingerprint density at radius 2 is 2.16 bits per heavy atom. The van der Waals surface area contributed by atoms with Crippen LogP contribution in [0.15, 0.2) is 23.2 Å². The second kappa shape index (κ2) is 5.72. The number of halogens is 1. The highest BCUT2D eigenvalue weighted by molar-refractivity contribution is 7.89. The van der Waals surface area contributed by atoms with E-state index in [1.807, 2.05) is 0 Å². The third kappa shape index (κ3) is 3.24. The van der Waals surface area contributed by atoms with Gasteiger partial charge in [-0.05, 0) is 25.0 Å². The lowest BCUT2D eigenvalue weighted by atomic mass is 9.93. The van der Waals surface area contributed by atoms with Gasteiger partial charge >= 0.3 is 0 Å². The molecule has 1 fully saturated rings. The van der Waals surface area contributed by atoms with Gasteiger partial charge in [-0.1, -0.05) is 11.6 Å². The lowest BCUT2D eigenvalue weighted by Crippen LogP contribution is -2.54. The maximum absolute atomic E-state index is 12.3. The molecule has 1 aromatic rings. The molecule has 2 rings (SSSR count). The highest BCUT2D eigenvalue weighted by Gasteiger charge is 2.37. The highest BCUT2D eigenvalue weighted by Crippen LogP contribution is 2.25. The summed E-state index contributed by atoms with van der Waals surface area (Å²) in [5.41, 5.74) is -0.893. The number of aliphatic hydroxyl groups excluding tert-OH is 1. The first-order valence-electron chi connectivity index (χ1n) is 5.82. The topological polar surface area (TPSA) is 88.5 Å². The number of hydrogen-bond acceptors (Lipinski definition) is 5. The number of pyridine rings is 1. The molecule has 2 N–H and O–H groups in total. The van der Waals surface area contributed by atoms with Crippen LogP contribution in [0.3, 0.4) is 0 Å². The zero-order chi connectivity index (χ0) is 13.9. The number of nitrogens with one attached hydrogen (secondary N) is 1. The highest BCUT2D eigenvalue weighted by atomic mass is 35.5. The van der Waals surface area contributed by atoms with Gasteiger partial charge in [0.25, 0.3) is 0 Å². The Morgan fingerprint density at radius 1 is 1.47 bits per heavy atom. The van der Waals surface area contributed by atoms with Crippen LogP contribution in [0, 0.1) is 0 Å². The van der Waals surface area contributed by atoms with E-state index in [9.17, 15) is 13.5 Å². The number of hydrogen-bond donors (Lipinski definition) is 2. The molecule has 8 heteroatoms. The van der Waals surface area contributed by atoms with Crippen molar-refractivity contribution in [1.29, 1.82) is 0 Å². The molecule has 0 saturated carbocycles. The van der Waals surface area contributed by atoms with Crippen molar-refractivity contribution in [3.8, 4) is 0 Å². The minimum Gasteiger partial charge on any atom is -0.394 e.